The number of hydrogen-bond acceptors (Lipinski definition) is 5. The summed E-state index contributed by atoms with van der Waals surface area (Å²) in [6, 6.07) is 9.28. The van der Waals surface area contributed by atoms with Crippen LogP contribution in [-0.2, 0) is 14.3 Å². The van der Waals surface area contributed by atoms with E-state index < -0.39 is 6.10 Å². The molecule has 0 aliphatic heterocycles. The molecule has 0 unspecified atom stereocenters. The molecule has 0 N–H and O–H groups in total. The van der Waals surface area contributed by atoms with Crippen molar-refractivity contribution in [2.75, 3.05) is 20.3 Å². The molecule has 0 saturated carbocycles. The number of aromatic nitrogens is 2. The number of nitrogens with zero attached hydrogens (tertiary/aromatic N) is 2. The summed E-state index contributed by atoms with van der Waals surface area (Å²) in [7, 11) is 1.62. The van der Waals surface area contributed by atoms with Crippen LogP contribution < -0.4 is 4.74 Å². The van der Waals surface area contributed by atoms with Crippen molar-refractivity contribution in [3.05, 3.63) is 48.3 Å². The second kappa shape index (κ2) is 9.84. The fourth-order valence-corrected chi connectivity index (χ4v) is 2.56. The highest BCUT2D eigenvalue weighted by Gasteiger charge is 2.25. The van der Waals surface area contributed by atoms with Gasteiger partial charge in [0.05, 0.1) is 13.2 Å². The number of hydrogen-bond donors (Lipinski definition) is 0. The maximum atomic E-state index is 12.3. The Hall–Kier alpha value is -2.34. The molecule has 25 heavy (non-hydrogen) atoms. The zero-order chi connectivity index (χ0) is 18.1. The van der Waals surface area contributed by atoms with E-state index in [-0.39, 0.29) is 12.0 Å². The van der Waals surface area contributed by atoms with Crippen molar-refractivity contribution in [3.8, 4) is 5.75 Å². The number of esters is 1. The largest absolute Gasteiger partial charge is 0.497 e. The van der Waals surface area contributed by atoms with Crippen LogP contribution in [0, 0.1) is 0 Å². The normalized spacial score (nSPS) is 13.2. The lowest BCUT2D eigenvalue weighted by atomic mass is 10.0. The van der Waals surface area contributed by atoms with Gasteiger partial charge >= 0.3 is 5.97 Å². The summed E-state index contributed by atoms with van der Waals surface area (Å²) in [5.41, 5.74) is 0.905. The zero-order valence-corrected chi connectivity index (χ0v) is 15.1. The summed E-state index contributed by atoms with van der Waals surface area (Å²) >= 11 is 0. The SMILES string of the molecule is CCOCCCC(=O)O[C@@H](c1ccc(OC)cc1)[C@H](C)n1cccn1. The molecule has 2 rings (SSSR count). The van der Waals surface area contributed by atoms with Crippen molar-refractivity contribution in [1.29, 1.82) is 0 Å². The van der Waals surface area contributed by atoms with E-state index in [1.54, 1.807) is 18.0 Å². The standard InChI is InChI=1S/C19H26N2O4/c1-4-24-14-5-7-18(22)25-19(15(2)21-13-6-12-20-21)16-8-10-17(23-3)11-9-16/h6,8-13,15,19H,4-5,7,14H2,1-3H3/t15-,19+/m0/s1. The third-order valence-corrected chi connectivity index (χ3v) is 3.96. The quantitative estimate of drug-likeness (QED) is 0.486. The minimum atomic E-state index is -0.426. The van der Waals surface area contributed by atoms with E-state index in [1.807, 2.05) is 50.4 Å². The summed E-state index contributed by atoms with van der Waals surface area (Å²) in [5, 5.41) is 4.27. The summed E-state index contributed by atoms with van der Waals surface area (Å²) in [6.45, 7) is 5.13. The van der Waals surface area contributed by atoms with Gasteiger partial charge in [0.1, 0.15) is 11.9 Å². The van der Waals surface area contributed by atoms with Crippen molar-refractivity contribution in [2.24, 2.45) is 0 Å². The second-order valence-corrected chi connectivity index (χ2v) is 5.71. The van der Waals surface area contributed by atoms with Crippen LogP contribution in [-0.4, -0.2) is 36.1 Å². The lowest BCUT2D eigenvalue weighted by molar-refractivity contribution is -0.152. The van der Waals surface area contributed by atoms with Crippen molar-refractivity contribution in [1.82, 2.24) is 9.78 Å². The summed E-state index contributed by atoms with van der Waals surface area (Å²) in [6.07, 6.45) is 4.14. The Morgan fingerprint density at radius 3 is 2.64 bits per heavy atom. The van der Waals surface area contributed by atoms with E-state index >= 15 is 0 Å². The van der Waals surface area contributed by atoms with Gasteiger partial charge in [0.25, 0.3) is 0 Å². The molecule has 0 amide bonds. The first-order valence-electron chi connectivity index (χ1n) is 8.56. The van der Waals surface area contributed by atoms with Crippen molar-refractivity contribution >= 4 is 5.97 Å². The number of ether oxygens (including phenoxy) is 3. The molecular formula is C19H26N2O4. The van der Waals surface area contributed by atoms with Crippen LogP contribution in [0.15, 0.2) is 42.7 Å². The van der Waals surface area contributed by atoms with Crippen LogP contribution >= 0.6 is 0 Å². The van der Waals surface area contributed by atoms with Gasteiger partial charge in [-0.3, -0.25) is 9.48 Å². The highest BCUT2D eigenvalue weighted by Crippen LogP contribution is 2.31. The van der Waals surface area contributed by atoms with E-state index in [9.17, 15) is 4.79 Å². The topological polar surface area (TPSA) is 62.6 Å². The van der Waals surface area contributed by atoms with Gasteiger partial charge in [-0.1, -0.05) is 12.1 Å². The number of carbonyl (C=O) groups excluding carboxylic acids is 1. The number of methoxy groups -OCH3 is 1. The highest BCUT2D eigenvalue weighted by atomic mass is 16.5. The number of carbonyl (C=O) groups is 1. The first-order valence-corrected chi connectivity index (χ1v) is 8.56. The molecule has 0 saturated heterocycles. The van der Waals surface area contributed by atoms with Crippen molar-refractivity contribution in [2.45, 2.75) is 38.8 Å². The number of rotatable bonds is 10. The Labute approximate surface area is 148 Å². The lowest BCUT2D eigenvalue weighted by Crippen LogP contribution is -2.21. The van der Waals surface area contributed by atoms with Crippen LogP contribution in [0.1, 0.15) is 44.4 Å². The van der Waals surface area contributed by atoms with E-state index in [0.717, 1.165) is 11.3 Å². The van der Waals surface area contributed by atoms with Gasteiger partial charge < -0.3 is 14.2 Å². The molecule has 0 fully saturated rings. The molecular weight excluding hydrogens is 320 g/mol. The van der Waals surface area contributed by atoms with E-state index in [4.69, 9.17) is 14.2 Å². The van der Waals surface area contributed by atoms with Gasteiger partial charge in [-0.25, -0.2) is 0 Å². The van der Waals surface area contributed by atoms with Gasteiger partial charge in [-0.05, 0) is 44.0 Å². The Balaban J connectivity index is 2.09. The first kappa shape index (κ1) is 19.0. The van der Waals surface area contributed by atoms with Crippen LogP contribution in [0.3, 0.4) is 0 Å². The fraction of sp³-hybridized carbons (Fsp3) is 0.474. The van der Waals surface area contributed by atoms with E-state index in [1.165, 1.54) is 0 Å². The molecule has 136 valence electrons. The Kier molecular flexibility index (Phi) is 7.47. The fourth-order valence-electron chi connectivity index (χ4n) is 2.56. The van der Waals surface area contributed by atoms with Gasteiger partial charge in [0, 0.05) is 32.0 Å². The van der Waals surface area contributed by atoms with E-state index in [2.05, 4.69) is 5.10 Å². The van der Waals surface area contributed by atoms with Crippen LogP contribution in [0.4, 0.5) is 0 Å². The second-order valence-electron chi connectivity index (χ2n) is 5.71. The molecule has 1 aromatic carbocycles. The average Bonchev–Trinajstić information content (AvgIpc) is 3.18. The Morgan fingerprint density at radius 2 is 2.04 bits per heavy atom. The van der Waals surface area contributed by atoms with Gasteiger partial charge in [-0.15, -0.1) is 0 Å². The molecule has 0 aliphatic carbocycles. The molecule has 2 atom stereocenters. The predicted octanol–water partition coefficient (Wildman–Crippen LogP) is 3.55. The van der Waals surface area contributed by atoms with Crippen molar-refractivity contribution < 1.29 is 19.0 Å². The average molecular weight is 346 g/mol. The maximum Gasteiger partial charge on any atom is 0.306 e. The van der Waals surface area contributed by atoms with Crippen molar-refractivity contribution in [3.63, 3.8) is 0 Å². The Morgan fingerprint density at radius 1 is 1.28 bits per heavy atom. The van der Waals surface area contributed by atoms with Crippen LogP contribution in [0.5, 0.6) is 5.75 Å². The summed E-state index contributed by atoms with van der Waals surface area (Å²) in [4.78, 5) is 12.3. The monoisotopic (exact) mass is 346 g/mol. The van der Waals surface area contributed by atoms with Crippen LogP contribution in [0.2, 0.25) is 0 Å². The molecule has 2 aromatic rings. The summed E-state index contributed by atoms with van der Waals surface area (Å²) in [5.74, 6) is 0.525. The molecule has 0 radical (unpaired) electrons. The molecule has 0 bridgehead atoms. The third-order valence-electron chi connectivity index (χ3n) is 3.96. The third kappa shape index (κ3) is 5.60. The zero-order valence-electron chi connectivity index (χ0n) is 15.1. The smallest absolute Gasteiger partial charge is 0.306 e. The van der Waals surface area contributed by atoms with Gasteiger partial charge in [0.15, 0.2) is 0 Å². The van der Waals surface area contributed by atoms with Gasteiger partial charge in [0.2, 0.25) is 0 Å². The molecule has 6 nitrogen and oxygen atoms in total. The maximum absolute atomic E-state index is 12.3. The minimum absolute atomic E-state index is 0.126. The minimum Gasteiger partial charge on any atom is -0.497 e. The molecule has 1 aromatic heterocycles. The van der Waals surface area contributed by atoms with Gasteiger partial charge in [-0.2, -0.15) is 5.10 Å². The van der Waals surface area contributed by atoms with Crippen LogP contribution in [0.25, 0.3) is 0 Å². The molecule has 0 aliphatic rings. The number of benzene rings is 1. The lowest BCUT2D eigenvalue weighted by Gasteiger charge is -2.25. The highest BCUT2D eigenvalue weighted by molar-refractivity contribution is 5.69. The first-order chi connectivity index (χ1) is 12.2. The molecule has 0 spiro atoms. The summed E-state index contributed by atoms with van der Waals surface area (Å²) < 4.78 is 18.0. The molecule has 6 heteroatoms. The van der Waals surface area contributed by atoms with E-state index in [0.29, 0.717) is 26.1 Å². The Bertz CT molecular complexity index is 625. The molecule has 1 heterocycles. The predicted molar refractivity (Wildman–Crippen MR) is 94.5 cm³/mol.